The maximum atomic E-state index is 12.5. The summed E-state index contributed by atoms with van der Waals surface area (Å²) >= 11 is 0. The summed E-state index contributed by atoms with van der Waals surface area (Å²) in [6, 6.07) is 10.4. The van der Waals surface area contributed by atoms with E-state index in [9.17, 15) is 4.79 Å². The average Bonchev–Trinajstić information content (AvgIpc) is 2.74. The molecule has 0 saturated carbocycles. The number of fused-ring (bicyclic) bond motifs is 1. The fraction of sp³-hybridized carbons (Fsp3) is 0.455. The van der Waals surface area contributed by atoms with Crippen molar-refractivity contribution < 1.29 is 4.79 Å². The van der Waals surface area contributed by atoms with Crippen molar-refractivity contribution in [2.45, 2.75) is 32.1 Å². The van der Waals surface area contributed by atoms with E-state index in [1.165, 1.54) is 31.3 Å². The Bertz CT molecular complexity index is 819. The molecule has 0 atom stereocenters. The van der Waals surface area contributed by atoms with E-state index in [1.54, 1.807) is 0 Å². The molecule has 2 aromatic rings. The number of carbonyl (C=O) groups is 1. The van der Waals surface area contributed by atoms with Crippen molar-refractivity contribution in [3.05, 3.63) is 48.2 Å². The molecule has 27 heavy (non-hydrogen) atoms. The second kappa shape index (κ2) is 8.42. The van der Waals surface area contributed by atoms with Gasteiger partial charge in [-0.05, 0) is 44.2 Å². The summed E-state index contributed by atoms with van der Waals surface area (Å²) in [5.41, 5.74) is 3.71. The predicted molar refractivity (Wildman–Crippen MR) is 110 cm³/mol. The van der Waals surface area contributed by atoms with Gasteiger partial charge in [-0.15, -0.1) is 0 Å². The Hall–Kier alpha value is -2.56. The second-order valence-corrected chi connectivity index (χ2v) is 7.42. The number of nitrogens with zero attached hydrogens (tertiary/aromatic N) is 3. The molecule has 1 saturated heterocycles. The van der Waals surface area contributed by atoms with Crippen LogP contribution in [0.1, 0.15) is 32.1 Å². The van der Waals surface area contributed by atoms with E-state index in [0.717, 1.165) is 55.7 Å². The Labute approximate surface area is 161 Å². The van der Waals surface area contributed by atoms with Gasteiger partial charge in [-0.1, -0.05) is 29.8 Å². The highest BCUT2D eigenvalue weighted by atomic mass is 16.2. The van der Waals surface area contributed by atoms with Crippen LogP contribution < -0.4 is 10.2 Å². The topological polar surface area (TPSA) is 48.5 Å². The second-order valence-electron chi connectivity index (χ2n) is 7.42. The molecule has 1 aliphatic heterocycles. The average molecular weight is 364 g/mol. The van der Waals surface area contributed by atoms with Crippen LogP contribution in [0.15, 0.2) is 48.2 Å². The zero-order valence-corrected chi connectivity index (χ0v) is 15.9. The van der Waals surface area contributed by atoms with E-state index < -0.39 is 0 Å². The minimum Gasteiger partial charge on any atom is -0.366 e. The van der Waals surface area contributed by atoms with Crippen molar-refractivity contribution in [1.82, 2.24) is 15.2 Å². The minimum atomic E-state index is 0.0714. The van der Waals surface area contributed by atoms with Crippen LogP contribution in [-0.4, -0.2) is 48.6 Å². The monoisotopic (exact) mass is 364 g/mol. The molecule has 4 rings (SSSR count). The maximum Gasteiger partial charge on any atom is 0.317 e. The Kier molecular flexibility index (Phi) is 5.56. The molecule has 1 aromatic heterocycles. The van der Waals surface area contributed by atoms with Gasteiger partial charge in [-0.25, -0.2) is 4.79 Å². The third kappa shape index (κ3) is 4.24. The lowest BCUT2D eigenvalue weighted by atomic mass is 9.97. The Balaban J connectivity index is 1.29. The van der Waals surface area contributed by atoms with Gasteiger partial charge in [0.05, 0.1) is 11.2 Å². The molecular formula is C22H28N4O. The van der Waals surface area contributed by atoms with Gasteiger partial charge in [0.25, 0.3) is 0 Å². The molecule has 2 heterocycles. The largest absolute Gasteiger partial charge is 0.366 e. The van der Waals surface area contributed by atoms with Crippen LogP contribution in [0.3, 0.4) is 0 Å². The number of hydrogen-bond donors (Lipinski definition) is 1. The number of hydrogen-bond acceptors (Lipinski definition) is 3. The van der Waals surface area contributed by atoms with Crippen LogP contribution >= 0.6 is 0 Å². The van der Waals surface area contributed by atoms with Crippen LogP contribution in [-0.2, 0) is 0 Å². The number of aromatic nitrogens is 1. The third-order valence-electron chi connectivity index (χ3n) is 5.63. The molecular weight excluding hydrogens is 336 g/mol. The summed E-state index contributed by atoms with van der Waals surface area (Å²) in [4.78, 5) is 21.3. The number of allylic oxidation sites excluding steroid dienone is 1. The molecule has 0 spiro atoms. The number of rotatable bonds is 4. The molecule has 5 heteroatoms. The number of pyridine rings is 1. The van der Waals surface area contributed by atoms with Gasteiger partial charge >= 0.3 is 6.03 Å². The molecule has 1 N–H and O–H groups in total. The highest BCUT2D eigenvalue weighted by molar-refractivity contribution is 5.90. The third-order valence-corrected chi connectivity index (χ3v) is 5.63. The normalized spacial score (nSPS) is 17.7. The van der Waals surface area contributed by atoms with Crippen LogP contribution in [0.2, 0.25) is 0 Å². The summed E-state index contributed by atoms with van der Waals surface area (Å²) < 4.78 is 0. The molecule has 1 aromatic carbocycles. The van der Waals surface area contributed by atoms with E-state index in [-0.39, 0.29) is 6.03 Å². The van der Waals surface area contributed by atoms with Crippen LogP contribution in [0.4, 0.5) is 10.5 Å². The molecule has 0 unspecified atom stereocenters. The van der Waals surface area contributed by atoms with E-state index >= 15 is 0 Å². The van der Waals surface area contributed by atoms with Crippen LogP contribution in [0, 0.1) is 0 Å². The number of anilines is 1. The standard InChI is InChI=1S/C22H28N4O/c27-22(24-13-11-18-6-2-1-3-7-18)26-16-14-25(15-17-26)20-10-4-8-19-9-5-12-23-21(19)20/h4-6,8-10,12H,1-3,7,11,13-17H2,(H,24,27). The molecule has 5 nitrogen and oxygen atoms in total. The fourth-order valence-electron chi connectivity index (χ4n) is 4.07. The molecule has 1 aliphatic carbocycles. The predicted octanol–water partition coefficient (Wildman–Crippen LogP) is 3.96. The lowest BCUT2D eigenvalue weighted by Gasteiger charge is -2.36. The molecule has 142 valence electrons. The number of para-hydroxylation sites is 1. The van der Waals surface area contributed by atoms with E-state index in [1.807, 2.05) is 17.2 Å². The first kappa shape index (κ1) is 17.8. The molecule has 0 bridgehead atoms. The molecule has 2 amide bonds. The molecule has 1 fully saturated rings. The number of amides is 2. The maximum absolute atomic E-state index is 12.5. The Morgan fingerprint density at radius 2 is 1.93 bits per heavy atom. The van der Waals surface area contributed by atoms with E-state index in [2.05, 4.69) is 45.5 Å². The quantitative estimate of drug-likeness (QED) is 0.836. The first-order chi connectivity index (χ1) is 13.3. The van der Waals surface area contributed by atoms with Crippen LogP contribution in [0.25, 0.3) is 10.9 Å². The summed E-state index contributed by atoms with van der Waals surface area (Å²) in [7, 11) is 0. The minimum absolute atomic E-state index is 0.0714. The van der Waals surface area contributed by atoms with Gasteiger partial charge in [-0.3, -0.25) is 4.98 Å². The summed E-state index contributed by atoms with van der Waals surface area (Å²) in [5, 5.41) is 4.26. The first-order valence-corrected chi connectivity index (χ1v) is 10.1. The van der Waals surface area contributed by atoms with Gasteiger partial charge in [-0.2, -0.15) is 0 Å². The Morgan fingerprint density at radius 3 is 2.74 bits per heavy atom. The highest BCUT2D eigenvalue weighted by Crippen LogP contribution is 2.25. The summed E-state index contributed by atoms with van der Waals surface area (Å²) in [5.74, 6) is 0. The van der Waals surface area contributed by atoms with Gasteiger partial charge in [0.1, 0.15) is 0 Å². The summed E-state index contributed by atoms with van der Waals surface area (Å²) in [6.07, 6.45) is 10.2. The zero-order chi connectivity index (χ0) is 18.5. The van der Waals surface area contributed by atoms with Gasteiger partial charge < -0.3 is 15.1 Å². The van der Waals surface area contributed by atoms with E-state index in [0.29, 0.717) is 0 Å². The van der Waals surface area contributed by atoms with E-state index in [4.69, 9.17) is 0 Å². The first-order valence-electron chi connectivity index (χ1n) is 10.1. The number of carbonyl (C=O) groups excluding carboxylic acids is 1. The highest BCUT2D eigenvalue weighted by Gasteiger charge is 2.22. The lowest BCUT2D eigenvalue weighted by Crippen LogP contribution is -2.52. The van der Waals surface area contributed by atoms with Crippen molar-refractivity contribution >= 4 is 22.6 Å². The Morgan fingerprint density at radius 1 is 1.07 bits per heavy atom. The summed E-state index contributed by atoms with van der Waals surface area (Å²) in [6.45, 7) is 3.93. The number of piperazine rings is 1. The lowest BCUT2D eigenvalue weighted by molar-refractivity contribution is 0.194. The molecule has 0 radical (unpaired) electrons. The molecule has 2 aliphatic rings. The number of urea groups is 1. The SMILES string of the molecule is O=C(NCCC1=CCCCC1)N1CCN(c2cccc3cccnc23)CC1. The van der Waals surface area contributed by atoms with Crippen molar-refractivity contribution in [3.63, 3.8) is 0 Å². The van der Waals surface area contributed by atoms with Gasteiger partial charge in [0.15, 0.2) is 0 Å². The zero-order valence-electron chi connectivity index (χ0n) is 15.9. The van der Waals surface area contributed by atoms with Crippen molar-refractivity contribution in [2.75, 3.05) is 37.6 Å². The van der Waals surface area contributed by atoms with Crippen molar-refractivity contribution in [1.29, 1.82) is 0 Å². The van der Waals surface area contributed by atoms with Crippen LogP contribution in [0.5, 0.6) is 0 Å². The van der Waals surface area contributed by atoms with Gasteiger partial charge in [0.2, 0.25) is 0 Å². The van der Waals surface area contributed by atoms with Crippen molar-refractivity contribution in [2.24, 2.45) is 0 Å². The smallest absolute Gasteiger partial charge is 0.317 e. The number of benzene rings is 1. The fourth-order valence-corrected chi connectivity index (χ4v) is 4.07. The van der Waals surface area contributed by atoms with Gasteiger partial charge in [0, 0.05) is 44.3 Å². The number of nitrogens with one attached hydrogen (secondary N) is 1. The van der Waals surface area contributed by atoms with Crippen molar-refractivity contribution in [3.8, 4) is 0 Å².